The van der Waals surface area contributed by atoms with E-state index in [0.717, 1.165) is 80.3 Å². The Bertz CT molecular complexity index is 1910. The van der Waals surface area contributed by atoms with Crippen LogP contribution in [0.3, 0.4) is 0 Å². The van der Waals surface area contributed by atoms with E-state index in [1.807, 2.05) is 58.9 Å². The first-order valence-corrected chi connectivity index (χ1v) is 17.0. The van der Waals surface area contributed by atoms with Crippen molar-refractivity contribution < 1.29 is 14.3 Å². The van der Waals surface area contributed by atoms with Gasteiger partial charge in [0, 0.05) is 99.1 Å². The molecule has 12 heteroatoms. The van der Waals surface area contributed by atoms with Gasteiger partial charge in [-0.15, -0.1) is 0 Å². The van der Waals surface area contributed by atoms with Crippen molar-refractivity contribution in [2.24, 2.45) is 5.41 Å². The van der Waals surface area contributed by atoms with Gasteiger partial charge < -0.3 is 24.4 Å². The minimum atomic E-state index is -0.302. The Kier molecular flexibility index (Phi) is 8.70. The number of pyridine rings is 1. The van der Waals surface area contributed by atoms with Crippen molar-refractivity contribution in [2.45, 2.75) is 39.9 Å². The highest BCUT2D eigenvalue weighted by Gasteiger charge is 2.52. The smallest absolute Gasteiger partial charge is 0.291 e. The Balaban J connectivity index is 1.10. The number of aromatic nitrogens is 3. The number of halogens is 2. The number of nitrogens with zero attached hydrogens (tertiary/aromatic N) is 6. The van der Waals surface area contributed by atoms with Gasteiger partial charge in [0.1, 0.15) is 0 Å². The van der Waals surface area contributed by atoms with Gasteiger partial charge in [0.25, 0.3) is 5.91 Å². The lowest BCUT2D eigenvalue weighted by Crippen LogP contribution is -2.72. The van der Waals surface area contributed by atoms with Crippen molar-refractivity contribution in [3.05, 3.63) is 81.4 Å². The molecule has 5 heterocycles. The summed E-state index contributed by atoms with van der Waals surface area (Å²) in [5, 5.41) is 3.88. The topological polar surface area (TPSA) is 95.8 Å². The molecule has 2 fully saturated rings. The molecule has 2 saturated heterocycles. The van der Waals surface area contributed by atoms with Crippen LogP contribution in [0, 0.1) is 5.41 Å². The molecular weight excluding hydrogens is 649 g/mol. The highest BCUT2D eigenvalue weighted by molar-refractivity contribution is 6.39. The number of carbonyl (C=O) groups is 2. The molecule has 4 aromatic rings. The summed E-state index contributed by atoms with van der Waals surface area (Å²) in [5.41, 5.74) is 6.61. The van der Waals surface area contributed by atoms with Crippen LogP contribution < -0.4 is 10.1 Å². The number of nitrogens with one attached hydrogen (secondary N) is 1. The summed E-state index contributed by atoms with van der Waals surface area (Å²) in [5.74, 6) is 0.782. The number of hydrogen-bond donors (Lipinski definition) is 1. The van der Waals surface area contributed by atoms with E-state index < -0.39 is 0 Å². The maximum Gasteiger partial charge on any atom is 0.291 e. The molecule has 0 aliphatic carbocycles. The van der Waals surface area contributed by atoms with Crippen LogP contribution in [0.5, 0.6) is 5.88 Å². The molecule has 3 aliphatic rings. The summed E-state index contributed by atoms with van der Waals surface area (Å²) in [6.07, 6.45) is 0.857. The highest BCUT2D eigenvalue weighted by atomic mass is 35.5. The maximum atomic E-state index is 13.5. The first-order valence-electron chi connectivity index (χ1n) is 16.3. The number of imidazole rings is 1. The predicted octanol–water partition coefficient (Wildman–Crippen LogP) is 5.85. The van der Waals surface area contributed by atoms with Crippen LogP contribution in [0.1, 0.15) is 41.4 Å². The monoisotopic (exact) mass is 687 g/mol. The molecule has 250 valence electrons. The maximum absolute atomic E-state index is 13.5. The molecule has 7 rings (SSSR count). The Morgan fingerprint density at radius 2 is 1.67 bits per heavy atom. The number of likely N-dealkylation sites (N-methyl/N-ethyl adjacent to an activating group) is 1. The number of amides is 2. The minimum absolute atomic E-state index is 0.146. The van der Waals surface area contributed by atoms with E-state index in [1.54, 1.807) is 20.1 Å². The largest absolute Gasteiger partial charge is 0.481 e. The fourth-order valence-electron chi connectivity index (χ4n) is 7.40. The Labute approximate surface area is 290 Å². The summed E-state index contributed by atoms with van der Waals surface area (Å²) in [4.78, 5) is 41.2. The van der Waals surface area contributed by atoms with Gasteiger partial charge >= 0.3 is 0 Å². The van der Waals surface area contributed by atoms with Gasteiger partial charge in [-0.2, -0.15) is 0 Å². The summed E-state index contributed by atoms with van der Waals surface area (Å²) in [6, 6.07) is 15.3. The molecule has 2 amide bonds. The summed E-state index contributed by atoms with van der Waals surface area (Å²) in [7, 11) is 3.69. The molecule has 10 nitrogen and oxygen atoms in total. The van der Waals surface area contributed by atoms with Crippen LogP contribution in [0.15, 0.2) is 48.5 Å². The molecule has 0 atom stereocenters. The predicted molar refractivity (Wildman–Crippen MR) is 188 cm³/mol. The van der Waals surface area contributed by atoms with Gasteiger partial charge in [0.15, 0.2) is 5.82 Å². The molecular formula is C36H39Cl2N7O3. The van der Waals surface area contributed by atoms with Crippen molar-refractivity contribution in [3.8, 4) is 28.3 Å². The first-order chi connectivity index (χ1) is 23.1. The van der Waals surface area contributed by atoms with Crippen LogP contribution in [0.2, 0.25) is 10.0 Å². The molecule has 1 spiro atoms. The third kappa shape index (κ3) is 5.85. The number of methoxy groups -OCH3 is 1. The molecule has 48 heavy (non-hydrogen) atoms. The fourth-order valence-corrected chi connectivity index (χ4v) is 8.00. The summed E-state index contributed by atoms with van der Waals surface area (Å²) >= 11 is 14.0. The van der Waals surface area contributed by atoms with Crippen LogP contribution in [-0.2, 0) is 30.8 Å². The van der Waals surface area contributed by atoms with E-state index in [0.29, 0.717) is 45.2 Å². The van der Waals surface area contributed by atoms with Crippen LogP contribution in [0.4, 0.5) is 5.69 Å². The van der Waals surface area contributed by atoms with Crippen molar-refractivity contribution in [1.29, 1.82) is 0 Å². The second-order valence-corrected chi connectivity index (χ2v) is 14.0. The number of likely N-dealkylation sites (tertiary alicyclic amines) is 2. The second kappa shape index (κ2) is 12.8. The van der Waals surface area contributed by atoms with E-state index in [9.17, 15) is 9.59 Å². The van der Waals surface area contributed by atoms with Gasteiger partial charge in [-0.1, -0.05) is 59.6 Å². The highest BCUT2D eigenvalue weighted by Crippen LogP contribution is 2.43. The van der Waals surface area contributed by atoms with E-state index in [-0.39, 0.29) is 17.2 Å². The van der Waals surface area contributed by atoms with Crippen LogP contribution in [-0.4, -0.2) is 87.9 Å². The third-order valence-corrected chi connectivity index (χ3v) is 10.6. The Morgan fingerprint density at radius 3 is 2.38 bits per heavy atom. The lowest BCUT2D eigenvalue weighted by atomic mass is 9.72. The normalized spacial score (nSPS) is 17.1. The van der Waals surface area contributed by atoms with E-state index in [1.165, 1.54) is 0 Å². The average molecular weight is 689 g/mol. The van der Waals surface area contributed by atoms with E-state index >= 15 is 0 Å². The Hall–Kier alpha value is -3.96. The lowest BCUT2D eigenvalue weighted by Gasteiger charge is -2.60. The molecule has 0 unspecified atom stereocenters. The quantitative estimate of drug-likeness (QED) is 0.248. The molecule has 0 saturated carbocycles. The molecule has 2 aromatic heterocycles. The van der Waals surface area contributed by atoms with Gasteiger partial charge in [-0.05, 0) is 26.1 Å². The SMILES string of the molecule is CCn1c(C(=O)Nc2cccc(-c3cccc(-c4ccc(CN5CC6(C5)CN(C(C)=O)C6)c(OC)n4)c3Cl)c2Cl)nc2c1CCN(C)C2. The summed E-state index contributed by atoms with van der Waals surface area (Å²) in [6.45, 7) is 10.3. The fraction of sp³-hybridized carbons (Fsp3) is 0.389. The second-order valence-electron chi connectivity index (χ2n) is 13.2. The van der Waals surface area contributed by atoms with Gasteiger partial charge in [0.05, 0.1) is 34.2 Å². The lowest BCUT2D eigenvalue weighted by molar-refractivity contribution is -0.157. The van der Waals surface area contributed by atoms with E-state index in [4.69, 9.17) is 37.9 Å². The van der Waals surface area contributed by atoms with Crippen molar-refractivity contribution in [2.75, 3.05) is 52.2 Å². The summed E-state index contributed by atoms with van der Waals surface area (Å²) < 4.78 is 7.72. The number of ether oxygens (including phenoxy) is 1. The number of hydrogen-bond acceptors (Lipinski definition) is 7. The third-order valence-electron chi connectivity index (χ3n) is 9.78. The molecule has 1 N–H and O–H groups in total. The van der Waals surface area contributed by atoms with Gasteiger partial charge in [0.2, 0.25) is 11.8 Å². The first kappa shape index (κ1) is 32.6. The average Bonchev–Trinajstić information content (AvgIpc) is 3.40. The van der Waals surface area contributed by atoms with Gasteiger partial charge in [-0.25, -0.2) is 9.97 Å². The number of benzene rings is 2. The van der Waals surface area contributed by atoms with Crippen molar-refractivity contribution >= 4 is 40.7 Å². The standard InChI is InChI=1S/C36H39Cl2N7O3/c1-5-45-30-14-15-42(3)17-29(30)39-33(45)34(47)40-28-11-7-9-25(32(28)38)24-8-6-10-26(31(24)37)27-13-12-23(35(41-27)48-4)16-43-18-36(19-43)20-44(21-36)22(2)46/h6-13H,5,14-21H2,1-4H3,(H,40,47). The zero-order valence-corrected chi connectivity index (χ0v) is 29.2. The zero-order chi connectivity index (χ0) is 33.7. The Morgan fingerprint density at radius 1 is 0.958 bits per heavy atom. The van der Waals surface area contributed by atoms with E-state index in [2.05, 4.69) is 22.2 Å². The number of rotatable bonds is 8. The molecule has 0 radical (unpaired) electrons. The minimum Gasteiger partial charge on any atom is -0.481 e. The molecule has 0 bridgehead atoms. The van der Waals surface area contributed by atoms with Crippen molar-refractivity contribution in [3.63, 3.8) is 0 Å². The van der Waals surface area contributed by atoms with Gasteiger partial charge in [-0.3, -0.25) is 14.5 Å². The molecule has 2 aromatic carbocycles. The van der Waals surface area contributed by atoms with Crippen molar-refractivity contribution in [1.82, 2.24) is 29.2 Å². The van der Waals surface area contributed by atoms with Crippen LogP contribution >= 0.6 is 23.2 Å². The number of fused-ring (bicyclic) bond motifs is 1. The number of anilines is 1. The van der Waals surface area contributed by atoms with Crippen LogP contribution in [0.25, 0.3) is 22.4 Å². The number of carbonyl (C=O) groups excluding carboxylic acids is 2. The zero-order valence-electron chi connectivity index (χ0n) is 27.6. The molecule has 3 aliphatic heterocycles.